The highest BCUT2D eigenvalue weighted by Gasteiger charge is 2.04. The molecule has 0 radical (unpaired) electrons. The number of rotatable bonds is 6. The van der Waals surface area contributed by atoms with Gasteiger partial charge in [-0.25, -0.2) is 0 Å². The van der Waals surface area contributed by atoms with Crippen molar-refractivity contribution >= 4 is 17.1 Å². The second-order valence-electron chi connectivity index (χ2n) is 3.69. The zero-order chi connectivity index (χ0) is 10.4. The van der Waals surface area contributed by atoms with Crippen LogP contribution in [0.4, 0.5) is 0 Å². The third kappa shape index (κ3) is 4.53. The van der Waals surface area contributed by atoms with E-state index in [9.17, 15) is 4.79 Å². The largest absolute Gasteiger partial charge is 0.328 e. The Balaban J connectivity index is 2.15. The van der Waals surface area contributed by atoms with Crippen molar-refractivity contribution in [2.45, 2.75) is 38.6 Å². The van der Waals surface area contributed by atoms with Crippen molar-refractivity contribution in [3.8, 4) is 0 Å². The molecule has 1 rings (SSSR count). The molecule has 2 nitrogen and oxygen atoms in total. The summed E-state index contributed by atoms with van der Waals surface area (Å²) in [6.45, 7) is 1.94. The lowest BCUT2D eigenvalue weighted by molar-refractivity contribution is -0.119. The lowest BCUT2D eigenvalue weighted by Crippen LogP contribution is -2.16. The van der Waals surface area contributed by atoms with Crippen molar-refractivity contribution < 1.29 is 4.79 Å². The molecule has 0 aliphatic carbocycles. The van der Waals surface area contributed by atoms with Crippen molar-refractivity contribution in [3.63, 3.8) is 0 Å². The molecule has 0 bridgehead atoms. The lowest BCUT2D eigenvalue weighted by atomic mass is 10.1. The van der Waals surface area contributed by atoms with Crippen LogP contribution in [0.2, 0.25) is 0 Å². The number of hydrogen-bond acceptors (Lipinski definition) is 3. The van der Waals surface area contributed by atoms with Crippen molar-refractivity contribution in [1.82, 2.24) is 0 Å². The standard InChI is InChI=1S/C11H17NOS/c1-9(12)2-4-11(13)5-3-10-6-7-14-8-10/h6-9H,2-5,12H2,1H3. The maximum atomic E-state index is 11.4. The molecule has 0 aromatic carbocycles. The molecule has 1 aromatic heterocycles. The number of thiophene rings is 1. The molecule has 78 valence electrons. The topological polar surface area (TPSA) is 43.1 Å². The van der Waals surface area contributed by atoms with E-state index >= 15 is 0 Å². The quantitative estimate of drug-likeness (QED) is 0.785. The molecule has 1 atom stereocenters. The van der Waals surface area contributed by atoms with Gasteiger partial charge in [0, 0.05) is 18.9 Å². The van der Waals surface area contributed by atoms with Crippen LogP contribution >= 0.6 is 11.3 Å². The number of hydrogen-bond donors (Lipinski definition) is 1. The van der Waals surface area contributed by atoms with Crippen LogP contribution in [0.15, 0.2) is 16.8 Å². The zero-order valence-electron chi connectivity index (χ0n) is 8.53. The second-order valence-corrected chi connectivity index (χ2v) is 4.47. The van der Waals surface area contributed by atoms with Gasteiger partial charge in [-0.05, 0) is 42.2 Å². The zero-order valence-corrected chi connectivity index (χ0v) is 9.35. The van der Waals surface area contributed by atoms with Crippen molar-refractivity contribution in [2.75, 3.05) is 0 Å². The minimum atomic E-state index is 0.139. The third-order valence-electron chi connectivity index (χ3n) is 2.15. The lowest BCUT2D eigenvalue weighted by Gasteiger charge is -2.03. The van der Waals surface area contributed by atoms with Gasteiger partial charge in [-0.15, -0.1) is 0 Å². The predicted octanol–water partition coefficient (Wildman–Crippen LogP) is 2.38. The van der Waals surface area contributed by atoms with Gasteiger partial charge in [0.05, 0.1) is 0 Å². The number of carbonyl (C=O) groups excluding carboxylic acids is 1. The first-order valence-corrected chi connectivity index (χ1v) is 5.91. The summed E-state index contributed by atoms with van der Waals surface area (Å²) in [5.74, 6) is 0.327. The summed E-state index contributed by atoms with van der Waals surface area (Å²) in [7, 11) is 0. The fourth-order valence-electron chi connectivity index (χ4n) is 1.23. The molecule has 0 spiro atoms. The van der Waals surface area contributed by atoms with Gasteiger partial charge >= 0.3 is 0 Å². The van der Waals surface area contributed by atoms with E-state index < -0.39 is 0 Å². The molecular weight excluding hydrogens is 194 g/mol. The summed E-state index contributed by atoms with van der Waals surface area (Å²) in [5.41, 5.74) is 6.85. The Labute approximate surface area is 89.1 Å². The molecule has 1 aromatic rings. The summed E-state index contributed by atoms with van der Waals surface area (Å²) in [5, 5.41) is 4.14. The van der Waals surface area contributed by atoms with E-state index in [0.29, 0.717) is 18.6 Å². The highest BCUT2D eigenvalue weighted by atomic mass is 32.1. The van der Waals surface area contributed by atoms with E-state index in [2.05, 4.69) is 11.4 Å². The molecule has 3 heteroatoms. The van der Waals surface area contributed by atoms with Gasteiger partial charge in [0.1, 0.15) is 5.78 Å². The van der Waals surface area contributed by atoms with Gasteiger partial charge < -0.3 is 5.73 Å². The van der Waals surface area contributed by atoms with Crippen LogP contribution in [0.5, 0.6) is 0 Å². The van der Waals surface area contributed by atoms with Gasteiger partial charge in [-0.1, -0.05) is 0 Å². The van der Waals surface area contributed by atoms with Crippen LogP contribution in [-0.2, 0) is 11.2 Å². The molecule has 1 unspecified atom stereocenters. The number of ketones is 1. The van der Waals surface area contributed by atoms with E-state index in [1.54, 1.807) is 11.3 Å². The van der Waals surface area contributed by atoms with Crippen molar-refractivity contribution in [3.05, 3.63) is 22.4 Å². The highest BCUT2D eigenvalue weighted by Crippen LogP contribution is 2.09. The number of nitrogens with two attached hydrogens (primary N) is 1. The Bertz CT molecular complexity index is 267. The van der Waals surface area contributed by atoms with E-state index in [0.717, 1.165) is 12.8 Å². The van der Waals surface area contributed by atoms with Crippen LogP contribution in [0.3, 0.4) is 0 Å². The molecule has 14 heavy (non-hydrogen) atoms. The highest BCUT2D eigenvalue weighted by molar-refractivity contribution is 7.07. The maximum Gasteiger partial charge on any atom is 0.133 e. The van der Waals surface area contributed by atoms with E-state index in [4.69, 9.17) is 5.73 Å². The fraction of sp³-hybridized carbons (Fsp3) is 0.545. The Morgan fingerprint density at radius 2 is 2.36 bits per heavy atom. The smallest absolute Gasteiger partial charge is 0.133 e. The second kappa shape index (κ2) is 5.94. The Kier molecular flexibility index (Phi) is 4.84. The summed E-state index contributed by atoms with van der Waals surface area (Å²) < 4.78 is 0. The molecular formula is C11H17NOS. The van der Waals surface area contributed by atoms with Crippen LogP contribution < -0.4 is 5.73 Å². The molecule has 0 fully saturated rings. The van der Waals surface area contributed by atoms with Gasteiger partial charge in [0.15, 0.2) is 0 Å². The fourth-order valence-corrected chi connectivity index (χ4v) is 1.94. The minimum Gasteiger partial charge on any atom is -0.328 e. The number of Topliss-reactive ketones (excluding diaryl/α,β-unsaturated/α-hetero) is 1. The molecule has 2 N–H and O–H groups in total. The maximum absolute atomic E-state index is 11.4. The van der Waals surface area contributed by atoms with Crippen LogP contribution in [0.1, 0.15) is 31.7 Å². The minimum absolute atomic E-state index is 0.139. The first-order valence-electron chi connectivity index (χ1n) is 4.97. The van der Waals surface area contributed by atoms with Crippen molar-refractivity contribution in [1.29, 1.82) is 0 Å². The summed E-state index contributed by atoms with van der Waals surface area (Å²) >= 11 is 1.68. The van der Waals surface area contributed by atoms with E-state index in [1.807, 2.05) is 12.3 Å². The van der Waals surface area contributed by atoms with Crippen LogP contribution in [0.25, 0.3) is 0 Å². The number of carbonyl (C=O) groups is 1. The summed E-state index contributed by atoms with van der Waals surface area (Å²) in [4.78, 5) is 11.4. The normalized spacial score (nSPS) is 12.7. The average Bonchev–Trinajstić information content (AvgIpc) is 2.63. The molecule has 0 saturated heterocycles. The molecule has 0 saturated carbocycles. The first-order chi connectivity index (χ1) is 6.68. The van der Waals surface area contributed by atoms with Crippen LogP contribution in [-0.4, -0.2) is 11.8 Å². The van der Waals surface area contributed by atoms with Gasteiger partial charge in [-0.3, -0.25) is 4.79 Å². The SMILES string of the molecule is CC(N)CCC(=O)CCc1ccsc1. The summed E-state index contributed by atoms with van der Waals surface area (Å²) in [6, 6.07) is 2.21. The number of aryl methyl sites for hydroxylation is 1. The molecule has 0 aliphatic rings. The first kappa shape index (κ1) is 11.4. The molecule has 1 heterocycles. The van der Waals surface area contributed by atoms with Gasteiger partial charge in [0.2, 0.25) is 0 Å². The van der Waals surface area contributed by atoms with Crippen molar-refractivity contribution in [2.24, 2.45) is 5.73 Å². The Morgan fingerprint density at radius 3 is 2.93 bits per heavy atom. The van der Waals surface area contributed by atoms with Gasteiger partial charge in [0.25, 0.3) is 0 Å². The van der Waals surface area contributed by atoms with E-state index in [1.165, 1.54) is 5.56 Å². The predicted molar refractivity (Wildman–Crippen MR) is 60.5 cm³/mol. The monoisotopic (exact) mass is 211 g/mol. The summed E-state index contributed by atoms with van der Waals surface area (Å²) in [6.07, 6.45) is 2.97. The Hall–Kier alpha value is -0.670. The molecule has 0 aliphatic heterocycles. The third-order valence-corrected chi connectivity index (χ3v) is 2.88. The average molecular weight is 211 g/mol. The molecule has 0 amide bonds. The van der Waals surface area contributed by atoms with E-state index in [-0.39, 0.29) is 6.04 Å². The Morgan fingerprint density at radius 1 is 1.57 bits per heavy atom. The van der Waals surface area contributed by atoms with Crippen LogP contribution in [0, 0.1) is 0 Å². The van der Waals surface area contributed by atoms with Gasteiger partial charge in [-0.2, -0.15) is 11.3 Å².